The highest BCUT2D eigenvalue weighted by Gasteiger charge is 2.56. The summed E-state index contributed by atoms with van der Waals surface area (Å²) in [5.41, 5.74) is 1.39. The summed E-state index contributed by atoms with van der Waals surface area (Å²) in [6.45, 7) is 8.00. The zero-order valence-electron chi connectivity index (χ0n) is 12.4. The van der Waals surface area contributed by atoms with E-state index in [0.717, 1.165) is 17.6 Å². The van der Waals surface area contributed by atoms with Crippen molar-refractivity contribution < 1.29 is 14.0 Å². The Morgan fingerprint density at radius 1 is 1.35 bits per heavy atom. The fourth-order valence-corrected chi connectivity index (χ4v) is 4.18. The van der Waals surface area contributed by atoms with Crippen LogP contribution in [-0.4, -0.2) is 36.7 Å². The molecular formula is C17H24NO2+. The second-order valence-corrected chi connectivity index (χ2v) is 6.30. The van der Waals surface area contributed by atoms with Crippen LogP contribution in [0.3, 0.4) is 0 Å². The van der Waals surface area contributed by atoms with Gasteiger partial charge in [-0.3, -0.25) is 4.79 Å². The molecular weight excluding hydrogens is 250 g/mol. The van der Waals surface area contributed by atoms with E-state index in [0.29, 0.717) is 18.6 Å². The molecule has 2 aliphatic heterocycles. The van der Waals surface area contributed by atoms with Crippen LogP contribution in [0, 0.1) is 11.8 Å². The molecule has 0 aliphatic carbocycles. The average molecular weight is 274 g/mol. The Morgan fingerprint density at radius 2 is 2.10 bits per heavy atom. The van der Waals surface area contributed by atoms with E-state index in [-0.39, 0.29) is 11.9 Å². The second kappa shape index (κ2) is 5.21. The number of fused-ring (bicyclic) bond motifs is 2. The van der Waals surface area contributed by atoms with Crippen molar-refractivity contribution in [1.29, 1.82) is 0 Å². The van der Waals surface area contributed by atoms with E-state index in [1.165, 1.54) is 18.5 Å². The average Bonchev–Trinajstić information content (AvgIpc) is 3.07. The van der Waals surface area contributed by atoms with Crippen LogP contribution >= 0.6 is 0 Å². The first kappa shape index (κ1) is 13.6. The lowest BCUT2D eigenvalue weighted by Crippen LogP contribution is -2.48. The summed E-state index contributed by atoms with van der Waals surface area (Å²) >= 11 is 0. The zero-order chi connectivity index (χ0) is 14.2. The van der Waals surface area contributed by atoms with Crippen LogP contribution in [0.5, 0.6) is 0 Å². The molecule has 20 heavy (non-hydrogen) atoms. The molecule has 3 nitrogen and oxygen atoms in total. The highest BCUT2D eigenvalue weighted by Crippen LogP contribution is 2.46. The number of quaternary nitrogens is 1. The number of nitrogens with zero attached hydrogens (tertiary/aromatic N) is 1. The van der Waals surface area contributed by atoms with Crippen molar-refractivity contribution in [3.63, 3.8) is 0 Å². The number of hydrogen-bond acceptors (Lipinski definition) is 2. The summed E-state index contributed by atoms with van der Waals surface area (Å²) in [7, 11) is 0. The van der Waals surface area contributed by atoms with Crippen molar-refractivity contribution in [3.05, 3.63) is 35.9 Å². The van der Waals surface area contributed by atoms with Gasteiger partial charge < -0.3 is 9.22 Å². The summed E-state index contributed by atoms with van der Waals surface area (Å²) in [6.07, 6.45) is 1.17. The molecule has 0 N–H and O–H groups in total. The molecule has 2 heterocycles. The molecule has 108 valence electrons. The lowest BCUT2D eigenvalue weighted by Gasteiger charge is -2.39. The van der Waals surface area contributed by atoms with Crippen LogP contribution in [0.2, 0.25) is 0 Å². The molecule has 0 amide bonds. The molecule has 1 aromatic carbocycles. The predicted molar refractivity (Wildman–Crippen MR) is 77.9 cm³/mol. The van der Waals surface area contributed by atoms with Gasteiger partial charge in [0.25, 0.3) is 0 Å². The normalized spacial score (nSPS) is 33.1. The maximum absolute atomic E-state index is 12.1. The molecule has 2 fully saturated rings. The van der Waals surface area contributed by atoms with E-state index in [2.05, 4.69) is 37.3 Å². The molecule has 2 unspecified atom stereocenters. The molecule has 0 radical (unpaired) electrons. The number of benzene rings is 1. The van der Waals surface area contributed by atoms with Gasteiger partial charge in [-0.2, -0.15) is 0 Å². The lowest BCUT2D eigenvalue weighted by molar-refractivity contribution is -0.938. The van der Waals surface area contributed by atoms with Crippen LogP contribution < -0.4 is 0 Å². The van der Waals surface area contributed by atoms with Crippen molar-refractivity contribution in [2.75, 3.05) is 26.2 Å². The summed E-state index contributed by atoms with van der Waals surface area (Å²) in [4.78, 5) is 12.1. The summed E-state index contributed by atoms with van der Waals surface area (Å²) in [6, 6.07) is 11.2. The fourth-order valence-electron chi connectivity index (χ4n) is 4.18. The first-order chi connectivity index (χ1) is 9.66. The Labute approximate surface area is 121 Å². The number of ether oxygens (including phenoxy) is 1. The van der Waals surface area contributed by atoms with Crippen LogP contribution in [0.4, 0.5) is 0 Å². The third-order valence-corrected chi connectivity index (χ3v) is 5.37. The topological polar surface area (TPSA) is 26.3 Å². The number of carbonyl (C=O) groups is 1. The molecule has 0 aromatic heterocycles. The van der Waals surface area contributed by atoms with Crippen LogP contribution in [0.1, 0.15) is 31.9 Å². The van der Waals surface area contributed by atoms with Gasteiger partial charge in [-0.1, -0.05) is 30.3 Å². The quantitative estimate of drug-likeness (QED) is 0.623. The number of piperidine rings is 1. The highest BCUT2D eigenvalue weighted by atomic mass is 16.5. The minimum atomic E-state index is 0.0254. The van der Waals surface area contributed by atoms with E-state index in [9.17, 15) is 4.79 Å². The van der Waals surface area contributed by atoms with Gasteiger partial charge in [-0.05, 0) is 13.8 Å². The number of rotatable bonds is 4. The third kappa shape index (κ3) is 2.14. The molecule has 1 aromatic rings. The number of carbonyl (C=O) groups excluding carboxylic acids is 1. The SMILES string of the molecule is CCOC(=O)[C@H]1C[N+]2(C(C)c3ccccc3)CC[C@@H]1C2. The van der Waals surface area contributed by atoms with Gasteiger partial charge >= 0.3 is 5.97 Å². The number of esters is 1. The standard InChI is InChI=1S/C17H24NO2/c1-3-20-17(19)16-12-18(10-9-15(16)11-18)13(2)14-7-5-4-6-8-14/h4-8,13,15-16H,3,9-12H2,1-2H3/q+1/t13?,15-,16+,18?/m1/s1. The third-order valence-electron chi connectivity index (χ3n) is 5.37. The van der Waals surface area contributed by atoms with Crippen molar-refractivity contribution in [2.24, 2.45) is 11.8 Å². The Bertz CT molecular complexity index is 487. The predicted octanol–water partition coefficient (Wildman–Crippen LogP) is 2.78. The van der Waals surface area contributed by atoms with E-state index >= 15 is 0 Å². The zero-order valence-corrected chi connectivity index (χ0v) is 12.4. The Hall–Kier alpha value is -1.35. The molecule has 0 spiro atoms. The summed E-state index contributed by atoms with van der Waals surface area (Å²) in [5.74, 6) is 0.674. The maximum atomic E-state index is 12.1. The van der Waals surface area contributed by atoms with Gasteiger partial charge in [0.1, 0.15) is 12.0 Å². The van der Waals surface area contributed by atoms with E-state index in [1.54, 1.807) is 0 Å². The fraction of sp³-hybridized carbons (Fsp3) is 0.588. The van der Waals surface area contributed by atoms with Crippen molar-refractivity contribution >= 4 is 5.97 Å². The molecule has 2 bridgehead atoms. The van der Waals surface area contributed by atoms with Crippen molar-refractivity contribution in [3.8, 4) is 0 Å². The summed E-state index contributed by atoms with van der Waals surface area (Å²) < 4.78 is 6.33. The largest absolute Gasteiger partial charge is 0.466 e. The summed E-state index contributed by atoms with van der Waals surface area (Å²) in [5, 5.41) is 0. The van der Waals surface area contributed by atoms with Crippen molar-refractivity contribution in [1.82, 2.24) is 0 Å². The lowest BCUT2D eigenvalue weighted by atomic mass is 9.92. The van der Waals surface area contributed by atoms with E-state index in [1.807, 2.05) is 6.92 Å². The molecule has 4 atom stereocenters. The van der Waals surface area contributed by atoms with Gasteiger partial charge in [-0.25, -0.2) is 0 Å². The molecule has 2 saturated heterocycles. The van der Waals surface area contributed by atoms with E-state index < -0.39 is 0 Å². The van der Waals surface area contributed by atoms with Gasteiger partial charge in [-0.15, -0.1) is 0 Å². The second-order valence-electron chi connectivity index (χ2n) is 6.30. The first-order valence-corrected chi connectivity index (χ1v) is 7.73. The molecule has 3 rings (SSSR count). The van der Waals surface area contributed by atoms with E-state index in [4.69, 9.17) is 4.74 Å². The van der Waals surface area contributed by atoms with Gasteiger partial charge in [0.05, 0.1) is 26.2 Å². The first-order valence-electron chi connectivity index (χ1n) is 7.73. The Kier molecular flexibility index (Phi) is 3.55. The Morgan fingerprint density at radius 3 is 2.80 bits per heavy atom. The smallest absolute Gasteiger partial charge is 0.315 e. The van der Waals surface area contributed by atoms with Gasteiger partial charge in [0, 0.05) is 17.9 Å². The van der Waals surface area contributed by atoms with Crippen molar-refractivity contribution in [2.45, 2.75) is 26.3 Å². The molecule has 2 aliphatic rings. The Balaban J connectivity index is 1.79. The van der Waals surface area contributed by atoms with Crippen LogP contribution in [-0.2, 0) is 9.53 Å². The minimum Gasteiger partial charge on any atom is -0.466 e. The number of hydrogen-bond donors (Lipinski definition) is 0. The van der Waals surface area contributed by atoms with Crippen LogP contribution in [0.25, 0.3) is 0 Å². The molecule has 3 heteroatoms. The molecule has 0 saturated carbocycles. The minimum absolute atomic E-state index is 0.0254. The van der Waals surface area contributed by atoms with Crippen LogP contribution in [0.15, 0.2) is 30.3 Å². The maximum Gasteiger partial charge on any atom is 0.315 e. The highest BCUT2D eigenvalue weighted by molar-refractivity contribution is 5.73. The van der Waals surface area contributed by atoms with Gasteiger partial charge in [0.15, 0.2) is 0 Å². The monoisotopic (exact) mass is 274 g/mol. The van der Waals surface area contributed by atoms with Gasteiger partial charge in [0.2, 0.25) is 0 Å².